The topological polar surface area (TPSA) is 72.1 Å². The lowest BCUT2D eigenvalue weighted by Gasteiger charge is -2.07. The van der Waals surface area contributed by atoms with E-state index in [-0.39, 0.29) is 6.79 Å². The lowest BCUT2D eigenvalue weighted by Crippen LogP contribution is -1.95. The molecule has 0 atom stereocenters. The smallest absolute Gasteiger partial charge is 0.231 e. The zero-order valence-corrected chi connectivity index (χ0v) is 15.0. The van der Waals surface area contributed by atoms with Gasteiger partial charge in [0.25, 0.3) is 0 Å². The highest BCUT2D eigenvalue weighted by Crippen LogP contribution is 2.36. The van der Waals surface area contributed by atoms with Gasteiger partial charge in [-0.05, 0) is 29.3 Å². The van der Waals surface area contributed by atoms with Crippen molar-refractivity contribution in [2.24, 2.45) is 0 Å². The molecule has 0 fully saturated rings. The van der Waals surface area contributed by atoms with Crippen molar-refractivity contribution in [3.63, 3.8) is 0 Å². The van der Waals surface area contributed by atoms with E-state index < -0.39 is 0 Å². The number of nitrogens with zero attached hydrogens (tertiary/aromatic N) is 2. The standard InChI is InChI=1S/C20H15ClN4O2/c21-9-12-1-3-13(4-2-12)16-8-15-19(22-10-23-20(15)25-16)24-14-5-6-17-18(7-14)27-11-26-17/h1-8,10H,9,11H2,(H2,22,23,24,25). The number of hydrogen-bond donors (Lipinski definition) is 2. The van der Waals surface area contributed by atoms with E-state index in [0.29, 0.717) is 5.88 Å². The molecular weight excluding hydrogens is 364 g/mol. The maximum absolute atomic E-state index is 5.87. The summed E-state index contributed by atoms with van der Waals surface area (Å²) < 4.78 is 10.8. The molecule has 7 heteroatoms. The van der Waals surface area contributed by atoms with Crippen molar-refractivity contribution in [2.45, 2.75) is 5.88 Å². The molecule has 0 amide bonds. The summed E-state index contributed by atoms with van der Waals surface area (Å²) in [5.74, 6) is 2.69. The molecule has 0 saturated heterocycles. The zero-order valence-electron chi connectivity index (χ0n) is 14.2. The van der Waals surface area contributed by atoms with Crippen LogP contribution in [0.1, 0.15) is 5.56 Å². The second-order valence-corrected chi connectivity index (χ2v) is 6.46. The summed E-state index contributed by atoms with van der Waals surface area (Å²) in [4.78, 5) is 12.1. The van der Waals surface area contributed by atoms with Crippen LogP contribution in [0.5, 0.6) is 11.5 Å². The fraction of sp³-hybridized carbons (Fsp3) is 0.100. The number of alkyl halides is 1. The molecule has 1 aliphatic heterocycles. The fourth-order valence-corrected chi connectivity index (χ4v) is 3.26. The summed E-state index contributed by atoms with van der Waals surface area (Å²) in [6.45, 7) is 0.250. The minimum Gasteiger partial charge on any atom is -0.454 e. The third-order valence-corrected chi connectivity index (χ3v) is 4.79. The molecule has 27 heavy (non-hydrogen) atoms. The maximum Gasteiger partial charge on any atom is 0.231 e. The highest BCUT2D eigenvalue weighted by molar-refractivity contribution is 6.17. The Hall–Kier alpha value is -3.25. The third kappa shape index (κ3) is 2.94. The van der Waals surface area contributed by atoms with Gasteiger partial charge in [0.1, 0.15) is 17.8 Å². The van der Waals surface area contributed by atoms with E-state index in [0.717, 1.165) is 50.9 Å². The molecule has 0 unspecified atom stereocenters. The van der Waals surface area contributed by atoms with Gasteiger partial charge >= 0.3 is 0 Å². The van der Waals surface area contributed by atoms with Crippen molar-refractivity contribution in [2.75, 3.05) is 12.1 Å². The summed E-state index contributed by atoms with van der Waals surface area (Å²) in [5.41, 5.74) is 4.76. The summed E-state index contributed by atoms with van der Waals surface area (Å²) in [6, 6.07) is 15.9. The number of aromatic nitrogens is 3. The molecule has 4 aromatic rings. The van der Waals surface area contributed by atoms with E-state index in [2.05, 4.69) is 20.3 Å². The molecule has 2 aromatic heterocycles. The fourth-order valence-electron chi connectivity index (χ4n) is 3.08. The molecule has 2 N–H and O–H groups in total. The van der Waals surface area contributed by atoms with Gasteiger partial charge in [0.05, 0.1) is 5.39 Å². The first-order valence-corrected chi connectivity index (χ1v) is 8.99. The van der Waals surface area contributed by atoms with Crippen LogP contribution in [0, 0.1) is 0 Å². The molecule has 0 saturated carbocycles. The van der Waals surface area contributed by atoms with E-state index in [9.17, 15) is 0 Å². The largest absolute Gasteiger partial charge is 0.454 e. The number of anilines is 2. The quantitative estimate of drug-likeness (QED) is 0.497. The first-order chi connectivity index (χ1) is 13.3. The van der Waals surface area contributed by atoms with Crippen LogP contribution in [-0.2, 0) is 5.88 Å². The maximum atomic E-state index is 5.87. The Labute approximate surface area is 160 Å². The van der Waals surface area contributed by atoms with Crippen LogP contribution in [0.2, 0.25) is 0 Å². The SMILES string of the molecule is ClCc1ccc(-c2cc3c(Nc4ccc5c(c4)OCO5)ncnc3[nH]2)cc1. The molecule has 6 nitrogen and oxygen atoms in total. The van der Waals surface area contributed by atoms with Crippen LogP contribution in [0.15, 0.2) is 54.9 Å². The van der Waals surface area contributed by atoms with Crippen molar-refractivity contribution in [1.29, 1.82) is 0 Å². The number of H-pyrrole nitrogens is 1. The number of nitrogens with one attached hydrogen (secondary N) is 2. The van der Waals surface area contributed by atoms with Gasteiger partial charge in [-0.15, -0.1) is 11.6 Å². The minimum atomic E-state index is 0.250. The van der Waals surface area contributed by atoms with Gasteiger partial charge in [-0.2, -0.15) is 0 Å². The summed E-state index contributed by atoms with van der Waals surface area (Å²) in [6.07, 6.45) is 1.54. The Balaban J connectivity index is 1.50. The third-order valence-electron chi connectivity index (χ3n) is 4.48. The van der Waals surface area contributed by atoms with E-state index in [1.807, 2.05) is 48.5 Å². The predicted octanol–water partition coefficient (Wildman–Crippen LogP) is 4.84. The molecule has 134 valence electrons. The van der Waals surface area contributed by atoms with E-state index >= 15 is 0 Å². The summed E-state index contributed by atoms with van der Waals surface area (Å²) in [5, 5.41) is 4.24. The monoisotopic (exact) mass is 378 g/mol. The van der Waals surface area contributed by atoms with Gasteiger partial charge in [-0.1, -0.05) is 24.3 Å². The van der Waals surface area contributed by atoms with Gasteiger partial charge in [0.15, 0.2) is 11.5 Å². The van der Waals surface area contributed by atoms with Crippen LogP contribution >= 0.6 is 11.6 Å². The normalized spacial score (nSPS) is 12.5. The number of benzene rings is 2. The lowest BCUT2D eigenvalue weighted by atomic mass is 10.1. The van der Waals surface area contributed by atoms with Crippen molar-refractivity contribution < 1.29 is 9.47 Å². The van der Waals surface area contributed by atoms with Crippen molar-refractivity contribution in [3.05, 3.63) is 60.4 Å². The van der Waals surface area contributed by atoms with Gasteiger partial charge in [-0.3, -0.25) is 0 Å². The van der Waals surface area contributed by atoms with Gasteiger partial charge in [0, 0.05) is 23.3 Å². The molecule has 1 aliphatic rings. The van der Waals surface area contributed by atoms with E-state index in [1.165, 1.54) is 6.33 Å². The van der Waals surface area contributed by atoms with Gasteiger partial charge < -0.3 is 19.8 Å². The minimum absolute atomic E-state index is 0.250. The Morgan fingerprint density at radius 3 is 2.70 bits per heavy atom. The first kappa shape index (κ1) is 16.0. The van der Waals surface area contributed by atoms with Crippen molar-refractivity contribution in [3.8, 4) is 22.8 Å². The Morgan fingerprint density at radius 2 is 1.85 bits per heavy atom. The molecule has 0 radical (unpaired) electrons. The number of halogens is 1. The first-order valence-electron chi connectivity index (χ1n) is 8.46. The van der Waals surface area contributed by atoms with Crippen molar-refractivity contribution in [1.82, 2.24) is 15.0 Å². The second kappa shape index (κ2) is 6.48. The van der Waals surface area contributed by atoms with Crippen LogP contribution < -0.4 is 14.8 Å². The number of aromatic amines is 1. The summed E-state index contributed by atoms with van der Waals surface area (Å²) >= 11 is 5.87. The number of fused-ring (bicyclic) bond motifs is 2. The Bertz CT molecular complexity index is 1120. The van der Waals surface area contributed by atoms with Gasteiger partial charge in [0.2, 0.25) is 6.79 Å². The molecule has 3 heterocycles. The van der Waals surface area contributed by atoms with E-state index in [1.54, 1.807) is 0 Å². The molecule has 0 aliphatic carbocycles. The van der Waals surface area contributed by atoms with Crippen LogP contribution in [0.4, 0.5) is 11.5 Å². The molecular formula is C20H15ClN4O2. The predicted molar refractivity (Wildman–Crippen MR) is 105 cm³/mol. The van der Waals surface area contributed by atoms with Crippen LogP contribution in [-0.4, -0.2) is 21.7 Å². The molecule has 0 spiro atoms. The average molecular weight is 379 g/mol. The Morgan fingerprint density at radius 1 is 1.00 bits per heavy atom. The molecule has 5 rings (SSSR count). The lowest BCUT2D eigenvalue weighted by molar-refractivity contribution is 0.174. The van der Waals surface area contributed by atoms with Crippen LogP contribution in [0.3, 0.4) is 0 Å². The highest BCUT2D eigenvalue weighted by atomic mass is 35.5. The molecule has 2 aromatic carbocycles. The molecule has 0 bridgehead atoms. The number of rotatable bonds is 4. The van der Waals surface area contributed by atoms with Crippen molar-refractivity contribution >= 4 is 34.1 Å². The van der Waals surface area contributed by atoms with Crippen LogP contribution in [0.25, 0.3) is 22.3 Å². The zero-order chi connectivity index (χ0) is 18.2. The second-order valence-electron chi connectivity index (χ2n) is 6.19. The number of hydrogen-bond acceptors (Lipinski definition) is 5. The summed E-state index contributed by atoms with van der Waals surface area (Å²) in [7, 11) is 0. The number of ether oxygens (including phenoxy) is 2. The highest BCUT2D eigenvalue weighted by Gasteiger charge is 2.15. The van der Waals surface area contributed by atoms with E-state index in [4.69, 9.17) is 21.1 Å². The Kier molecular flexibility index (Phi) is 3.83. The van der Waals surface area contributed by atoms with Gasteiger partial charge in [-0.25, -0.2) is 9.97 Å². The average Bonchev–Trinajstić information content (AvgIpc) is 3.35.